The number of benzene rings is 1. The van der Waals surface area contributed by atoms with E-state index in [0.717, 1.165) is 12.2 Å². The van der Waals surface area contributed by atoms with Crippen LogP contribution in [0.15, 0.2) is 36.9 Å². The van der Waals surface area contributed by atoms with Crippen molar-refractivity contribution < 1.29 is 18.7 Å². The summed E-state index contributed by atoms with van der Waals surface area (Å²) in [7, 11) is 2.83. The summed E-state index contributed by atoms with van der Waals surface area (Å²) in [6.45, 7) is 2.63. The van der Waals surface area contributed by atoms with Gasteiger partial charge in [0.15, 0.2) is 17.3 Å². The number of carbonyl (C=O) groups is 1. The van der Waals surface area contributed by atoms with Crippen LogP contribution < -0.4 is 20.1 Å². The van der Waals surface area contributed by atoms with Gasteiger partial charge in [-0.25, -0.2) is 14.4 Å². The third kappa shape index (κ3) is 4.78. The van der Waals surface area contributed by atoms with Crippen molar-refractivity contribution in [1.82, 2.24) is 25.1 Å². The molecule has 0 radical (unpaired) electrons. The molecule has 3 aromatic rings. The Balaban J connectivity index is 1.68. The SMILES string of the molecule is CCn1cc(Nc2ncc(OCc3cc(C(=O)NC)cc(OC)c3F)cn2)cn1. The number of rotatable bonds is 8. The van der Waals surface area contributed by atoms with E-state index in [9.17, 15) is 9.18 Å². The number of nitrogens with one attached hydrogen (secondary N) is 2. The predicted molar refractivity (Wildman–Crippen MR) is 104 cm³/mol. The molecule has 10 heteroatoms. The lowest BCUT2D eigenvalue weighted by molar-refractivity contribution is 0.0962. The van der Waals surface area contributed by atoms with E-state index < -0.39 is 5.82 Å². The summed E-state index contributed by atoms with van der Waals surface area (Å²) in [6.07, 6.45) is 6.45. The van der Waals surface area contributed by atoms with Crippen molar-refractivity contribution in [1.29, 1.82) is 0 Å². The van der Waals surface area contributed by atoms with Gasteiger partial charge in [-0.15, -0.1) is 0 Å². The van der Waals surface area contributed by atoms with Crippen molar-refractivity contribution >= 4 is 17.5 Å². The number of hydrogen-bond donors (Lipinski definition) is 2. The monoisotopic (exact) mass is 400 g/mol. The van der Waals surface area contributed by atoms with Crippen molar-refractivity contribution in [3.05, 3.63) is 53.9 Å². The van der Waals surface area contributed by atoms with Gasteiger partial charge in [0.25, 0.3) is 5.91 Å². The molecule has 0 aliphatic rings. The van der Waals surface area contributed by atoms with Crippen LogP contribution in [0, 0.1) is 5.82 Å². The highest BCUT2D eigenvalue weighted by Crippen LogP contribution is 2.24. The molecule has 9 nitrogen and oxygen atoms in total. The molecule has 2 heterocycles. The molecule has 0 saturated carbocycles. The lowest BCUT2D eigenvalue weighted by atomic mass is 10.1. The minimum absolute atomic E-state index is 0.0341. The zero-order valence-electron chi connectivity index (χ0n) is 16.3. The third-order valence-corrected chi connectivity index (χ3v) is 4.06. The highest BCUT2D eigenvalue weighted by Gasteiger charge is 2.15. The van der Waals surface area contributed by atoms with Gasteiger partial charge in [0.05, 0.1) is 31.4 Å². The summed E-state index contributed by atoms with van der Waals surface area (Å²) >= 11 is 0. The molecule has 3 rings (SSSR count). The average Bonchev–Trinajstić information content (AvgIpc) is 3.21. The van der Waals surface area contributed by atoms with Crippen LogP contribution in [0.25, 0.3) is 0 Å². The second kappa shape index (κ2) is 9.00. The van der Waals surface area contributed by atoms with Gasteiger partial charge in [-0.3, -0.25) is 9.48 Å². The summed E-state index contributed by atoms with van der Waals surface area (Å²) < 4.78 is 26.8. The molecule has 0 aliphatic carbocycles. The standard InChI is InChI=1S/C19H21FN6O3/c1-4-26-10-14(7-24-26)25-19-22-8-15(9-23-19)29-11-13-5-12(18(27)21-2)6-16(28-3)17(13)20/h5-10H,4,11H2,1-3H3,(H,21,27)(H,22,23,25). The summed E-state index contributed by atoms with van der Waals surface area (Å²) in [5.74, 6) is -0.249. The first-order valence-corrected chi connectivity index (χ1v) is 8.86. The number of aryl methyl sites for hydroxylation is 1. The van der Waals surface area contributed by atoms with E-state index in [1.165, 1.54) is 38.7 Å². The first-order chi connectivity index (χ1) is 14.0. The molecular formula is C19H21FN6O3. The molecule has 0 atom stereocenters. The van der Waals surface area contributed by atoms with Crippen molar-refractivity contribution in [2.75, 3.05) is 19.5 Å². The fourth-order valence-corrected chi connectivity index (χ4v) is 2.53. The molecule has 152 valence electrons. The smallest absolute Gasteiger partial charge is 0.251 e. The number of hydrogen-bond acceptors (Lipinski definition) is 7. The third-order valence-electron chi connectivity index (χ3n) is 4.06. The number of methoxy groups -OCH3 is 1. The molecule has 0 unspecified atom stereocenters. The van der Waals surface area contributed by atoms with Crippen LogP contribution in [-0.4, -0.2) is 39.8 Å². The molecule has 1 amide bonds. The Morgan fingerprint density at radius 3 is 2.62 bits per heavy atom. The Bertz CT molecular complexity index is 990. The Morgan fingerprint density at radius 1 is 1.24 bits per heavy atom. The molecular weight excluding hydrogens is 379 g/mol. The normalized spacial score (nSPS) is 10.5. The fraction of sp³-hybridized carbons (Fsp3) is 0.263. The fourth-order valence-electron chi connectivity index (χ4n) is 2.53. The van der Waals surface area contributed by atoms with E-state index in [2.05, 4.69) is 25.7 Å². The minimum Gasteiger partial charge on any atom is -0.494 e. The lowest BCUT2D eigenvalue weighted by Gasteiger charge is -2.12. The van der Waals surface area contributed by atoms with E-state index in [-0.39, 0.29) is 29.4 Å². The van der Waals surface area contributed by atoms with Crippen molar-refractivity contribution in [3.63, 3.8) is 0 Å². The van der Waals surface area contributed by atoms with Crippen LogP contribution in [0.4, 0.5) is 16.0 Å². The lowest BCUT2D eigenvalue weighted by Crippen LogP contribution is -2.18. The maximum absolute atomic E-state index is 14.5. The Kier molecular flexibility index (Phi) is 6.22. The number of amides is 1. The zero-order valence-corrected chi connectivity index (χ0v) is 16.3. The maximum Gasteiger partial charge on any atom is 0.251 e. The highest BCUT2D eigenvalue weighted by molar-refractivity contribution is 5.94. The second-order valence-electron chi connectivity index (χ2n) is 5.97. The first-order valence-electron chi connectivity index (χ1n) is 8.86. The summed E-state index contributed by atoms with van der Waals surface area (Å²) in [4.78, 5) is 20.2. The molecule has 29 heavy (non-hydrogen) atoms. The topological polar surface area (TPSA) is 103 Å². The van der Waals surface area contributed by atoms with Gasteiger partial charge >= 0.3 is 0 Å². The largest absolute Gasteiger partial charge is 0.494 e. The van der Waals surface area contributed by atoms with Gasteiger partial charge in [-0.2, -0.15) is 5.10 Å². The number of carbonyl (C=O) groups excluding carboxylic acids is 1. The Morgan fingerprint density at radius 2 is 2.00 bits per heavy atom. The van der Waals surface area contributed by atoms with Crippen LogP contribution in [0.5, 0.6) is 11.5 Å². The van der Waals surface area contributed by atoms with Gasteiger partial charge in [0.2, 0.25) is 5.95 Å². The Labute approximate surface area is 166 Å². The second-order valence-corrected chi connectivity index (χ2v) is 5.97. The molecule has 0 fully saturated rings. The summed E-state index contributed by atoms with van der Waals surface area (Å²) in [5, 5.41) is 9.68. The minimum atomic E-state index is -0.590. The van der Waals surface area contributed by atoms with E-state index in [0.29, 0.717) is 11.7 Å². The maximum atomic E-state index is 14.5. The van der Waals surface area contributed by atoms with Gasteiger partial charge in [-0.05, 0) is 19.1 Å². The number of halogens is 1. The summed E-state index contributed by atoms with van der Waals surface area (Å²) in [5.41, 5.74) is 1.21. The van der Waals surface area contributed by atoms with Gasteiger partial charge in [-0.1, -0.05) is 0 Å². The van der Waals surface area contributed by atoms with Crippen molar-refractivity contribution in [2.45, 2.75) is 20.1 Å². The molecule has 2 N–H and O–H groups in total. The molecule has 2 aromatic heterocycles. The van der Waals surface area contributed by atoms with E-state index >= 15 is 0 Å². The quantitative estimate of drug-likeness (QED) is 0.599. The number of ether oxygens (including phenoxy) is 2. The Hall–Kier alpha value is -3.69. The van der Waals surface area contributed by atoms with Gasteiger partial charge in [0, 0.05) is 30.9 Å². The van der Waals surface area contributed by atoms with Crippen LogP contribution in [0.1, 0.15) is 22.8 Å². The van der Waals surface area contributed by atoms with Crippen molar-refractivity contribution in [2.24, 2.45) is 0 Å². The van der Waals surface area contributed by atoms with Crippen LogP contribution in [0.2, 0.25) is 0 Å². The highest BCUT2D eigenvalue weighted by atomic mass is 19.1. The van der Waals surface area contributed by atoms with Crippen molar-refractivity contribution in [3.8, 4) is 11.5 Å². The molecule has 0 bridgehead atoms. The molecule has 1 aromatic carbocycles. The van der Waals surface area contributed by atoms with Crippen LogP contribution in [-0.2, 0) is 13.2 Å². The molecule has 0 saturated heterocycles. The van der Waals surface area contributed by atoms with E-state index in [4.69, 9.17) is 9.47 Å². The first kappa shape index (κ1) is 20.1. The van der Waals surface area contributed by atoms with E-state index in [1.807, 2.05) is 13.1 Å². The molecule has 0 spiro atoms. The van der Waals surface area contributed by atoms with E-state index in [1.54, 1.807) is 10.9 Å². The van der Waals surface area contributed by atoms with Crippen LogP contribution in [0.3, 0.4) is 0 Å². The zero-order chi connectivity index (χ0) is 20.8. The van der Waals surface area contributed by atoms with Gasteiger partial charge in [0.1, 0.15) is 6.61 Å². The predicted octanol–water partition coefficient (Wildman–Crippen LogP) is 2.52. The molecule has 0 aliphatic heterocycles. The van der Waals surface area contributed by atoms with Gasteiger partial charge < -0.3 is 20.1 Å². The summed E-state index contributed by atoms with van der Waals surface area (Å²) in [6, 6.07) is 2.75. The van der Waals surface area contributed by atoms with Crippen LogP contribution >= 0.6 is 0 Å². The number of aromatic nitrogens is 4. The number of nitrogens with zero attached hydrogens (tertiary/aromatic N) is 4. The average molecular weight is 400 g/mol. The number of anilines is 2.